The number of nitrogens with one attached hydrogen (secondary N) is 1. The van der Waals surface area contributed by atoms with Crippen molar-refractivity contribution in [3.8, 4) is 0 Å². The van der Waals surface area contributed by atoms with E-state index in [-0.39, 0.29) is 0 Å². The molecule has 9 atom stereocenters. The lowest BCUT2D eigenvalue weighted by Gasteiger charge is -2.62. The van der Waals surface area contributed by atoms with Crippen LogP contribution in [0.25, 0.3) is 0 Å². The summed E-state index contributed by atoms with van der Waals surface area (Å²) in [6.45, 7) is 11.2. The Morgan fingerprint density at radius 3 is 2.52 bits per heavy atom. The summed E-state index contributed by atoms with van der Waals surface area (Å²) >= 11 is 0. The predicted octanol–water partition coefficient (Wildman–Crippen LogP) is 6.36. The number of hydrogen-bond donors (Lipinski definition) is 1. The van der Waals surface area contributed by atoms with Gasteiger partial charge in [-0.3, -0.25) is 4.79 Å². The van der Waals surface area contributed by atoms with E-state index in [1.165, 1.54) is 64.2 Å². The molecule has 176 valence electrons. The van der Waals surface area contributed by atoms with Crippen molar-refractivity contribution in [3.63, 3.8) is 0 Å². The van der Waals surface area contributed by atoms with E-state index in [0.29, 0.717) is 34.8 Å². The number of piperidine rings is 1. The number of amides is 1. The first-order chi connectivity index (χ1) is 14.8. The fourth-order valence-electron chi connectivity index (χ4n) is 9.66. The molecule has 1 saturated heterocycles. The summed E-state index contributed by atoms with van der Waals surface area (Å²) in [5, 5.41) is 3.41. The van der Waals surface area contributed by atoms with Gasteiger partial charge in [-0.25, -0.2) is 0 Å². The lowest BCUT2D eigenvalue weighted by atomic mass is 9.44. The van der Waals surface area contributed by atoms with Crippen molar-refractivity contribution in [1.82, 2.24) is 5.32 Å². The molecule has 0 radical (unpaired) electrons. The zero-order chi connectivity index (χ0) is 21.8. The van der Waals surface area contributed by atoms with Gasteiger partial charge in [0.25, 0.3) is 0 Å². The first-order valence-electron chi connectivity index (χ1n) is 13.7. The lowest BCUT2D eigenvalue weighted by molar-refractivity contribution is -0.145. The largest absolute Gasteiger partial charge is 0.378 e. The van der Waals surface area contributed by atoms with Crippen LogP contribution in [0.3, 0.4) is 0 Å². The molecule has 5 rings (SSSR count). The van der Waals surface area contributed by atoms with Gasteiger partial charge in [0.15, 0.2) is 0 Å². The molecule has 0 aromatic carbocycles. The molecule has 0 spiro atoms. The van der Waals surface area contributed by atoms with Crippen LogP contribution >= 0.6 is 0 Å². The van der Waals surface area contributed by atoms with E-state index in [1.807, 2.05) is 0 Å². The van der Waals surface area contributed by atoms with Gasteiger partial charge < -0.3 is 10.1 Å². The molecule has 5 fully saturated rings. The Morgan fingerprint density at radius 2 is 1.74 bits per heavy atom. The van der Waals surface area contributed by atoms with E-state index < -0.39 is 0 Å². The van der Waals surface area contributed by atoms with Gasteiger partial charge in [-0.2, -0.15) is 0 Å². The second-order valence-corrected chi connectivity index (χ2v) is 12.9. The minimum Gasteiger partial charge on any atom is -0.378 e. The van der Waals surface area contributed by atoms with Gasteiger partial charge in [-0.1, -0.05) is 47.0 Å². The normalized spacial score (nSPS) is 49.0. The zero-order valence-corrected chi connectivity index (χ0v) is 20.6. The molecular formula is C28H47NO2. The number of hydrogen-bond acceptors (Lipinski definition) is 2. The van der Waals surface area contributed by atoms with Crippen LogP contribution in [-0.4, -0.2) is 24.7 Å². The summed E-state index contributed by atoms with van der Waals surface area (Å²) < 4.78 is 6.47. The molecule has 3 heteroatoms. The van der Waals surface area contributed by atoms with Gasteiger partial charge >= 0.3 is 0 Å². The molecule has 0 aromatic rings. The zero-order valence-electron chi connectivity index (χ0n) is 20.6. The van der Waals surface area contributed by atoms with Crippen LogP contribution in [0.5, 0.6) is 0 Å². The Kier molecular flexibility index (Phi) is 5.98. The molecule has 0 aromatic heterocycles. The third kappa shape index (κ3) is 3.69. The Labute approximate surface area is 190 Å². The molecule has 1 N–H and O–H groups in total. The highest BCUT2D eigenvalue weighted by Gasteiger charge is 2.62. The van der Waals surface area contributed by atoms with Crippen LogP contribution in [0, 0.1) is 46.3 Å². The predicted molar refractivity (Wildman–Crippen MR) is 126 cm³/mol. The molecule has 1 heterocycles. The molecular weight excluding hydrogens is 382 g/mol. The van der Waals surface area contributed by atoms with Gasteiger partial charge in [0.1, 0.15) is 0 Å². The first-order valence-corrected chi connectivity index (χ1v) is 13.7. The third-order valence-corrected chi connectivity index (χ3v) is 11.4. The third-order valence-electron chi connectivity index (χ3n) is 11.4. The highest BCUT2D eigenvalue weighted by molar-refractivity contribution is 5.77. The number of carbonyl (C=O) groups excluding carboxylic acids is 1. The number of ether oxygens (including phenoxy) is 1. The number of fused-ring (bicyclic) bond motifs is 5. The minimum atomic E-state index is 0.293. The maximum atomic E-state index is 12.1. The molecule has 1 amide bonds. The van der Waals surface area contributed by atoms with E-state index in [1.54, 1.807) is 0 Å². The number of rotatable bonds is 4. The van der Waals surface area contributed by atoms with Crippen LogP contribution in [0.4, 0.5) is 0 Å². The second-order valence-electron chi connectivity index (χ2n) is 12.9. The monoisotopic (exact) mass is 429 g/mol. The molecule has 31 heavy (non-hydrogen) atoms. The Balaban J connectivity index is 1.30. The van der Waals surface area contributed by atoms with Crippen molar-refractivity contribution in [3.05, 3.63) is 0 Å². The van der Waals surface area contributed by atoms with Gasteiger partial charge in [0.05, 0.1) is 6.10 Å². The van der Waals surface area contributed by atoms with Crippen molar-refractivity contribution in [2.45, 2.75) is 117 Å². The van der Waals surface area contributed by atoms with E-state index >= 15 is 0 Å². The van der Waals surface area contributed by atoms with Crippen LogP contribution in [0.1, 0.15) is 105 Å². The lowest BCUT2D eigenvalue weighted by Crippen LogP contribution is -2.63. The average Bonchev–Trinajstić information content (AvgIpc) is 3.11. The molecule has 5 unspecified atom stereocenters. The topological polar surface area (TPSA) is 38.3 Å². The van der Waals surface area contributed by atoms with E-state index in [9.17, 15) is 4.79 Å². The van der Waals surface area contributed by atoms with Crippen molar-refractivity contribution in [2.24, 2.45) is 46.3 Å². The fourth-order valence-corrected chi connectivity index (χ4v) is 9.66. The van der Waals surface area contributed by atoms with Gasteiger partial charge in [-0.05, 0) is 97.7 Å². The average molecular weight is 430 g/mol. The SMILES string of the molecule is C[C@H]1CC2NC(=O)CC[C@]2(C)C2CC[C@@]3(C)C(CCC3[C@@H](C)COC3CCCCC3)C21. The van der Waals surface area contributed by atoms with Crippen LogP contribution in [-0.2, 0) is 9.53 Å². The fraction of sp³-hybridized carbons (Fsp3) is 0.964. The van der Waals surface area contributed by atoms with Crippen molar-refractivity contribution < 1.29 is 9.53 Å². The molecule has 4 aliphatic carbocycles. The number of carbonyl (C=O) groups is 1. The van der Waals surface area contributed by atoms with E-state index in [0.717, 1.165) is 49.0 Å². The Morgan fingerprint density at radius 1 is 1.00 bits per heavy atom. The summed E-state index contributed by atoms with van der Waals surface area (Å²) in [5.74, 6) is 5.06. The maximum absolute atomic E-state index is 12.1. The Hall–Kier alpha value is -0.570. The van der Waals surface area contributed by atoms with E-state index in [4.69, 9.17) is 4.74 Å². The Bertz CT molecular complexity index is 672. The first kappa shape index (κ1) is 22.2. The van der Waals surface area contributed by atoms with Crippen LogP contribution < -0.4 is 5.32 Å². The van der Waals surface area contributed by atoms with Gasteiger partial charge in [0.2, 0.25) is 5.91 Å². The van der Waals surface area contributed by atoms with Crippen LogP contribution in [0.15, 0.2) is 0 Å². The quantitative estimate of drug-likeness (QED) is 0.565. The summed E-state index contributed by atoms with van der Waals surface area (Å²) in [6.07, 6.45) is 15.9. The molecule has 4 saturated carbocycles. The summed E-state index contributed by atoms with van der Waals surface area (Å²) in [5.41, 5.74) is 0.812. The minimum absolute atomic E-state index is 0.293. The van der Waals surface area contributed by atoms with Crippen molar-refractivity contribution in [2.75, 3.05) is 6.61 Å². The summed E-state index contributed by atoms with van der Waals surface area (Å²) in [4.78, 5) is 12.1. The molecule has 3 nitrogen and oxygen atoms in total. The molecule has 5 aliphatic rings. The summed E-state index contributed by atoms with van der Waals surface area (Å²) in [6, 6.07) is 0.411. The highest BCUT2D eigenvalue weighted by Crippen LogP contribution is 2.67. The second kappa shape index (κ2) is 8.33. The van der Waals surface area contributed by atoms with Crippen molar-refractivity contribution >= 4 is 5.91 Å². The van der Waals surface area contributed by atoms with Gasteiger partial charge in [0, 0.05) is 19.1 Å². The molecule has 1 aliphatic heterocycles. The standard InChI is InChI=1S/C28H47NO2/c1-18-16-24-28(4,15-13-25(30)29-24)23-12-14-27(3)21(10-11-22(27)26(18)23)19(2)17-31-20-8-6-5-7-9-20/h18-24,26H,5-17H2,1-4H3,(H,29,30)/t18-,19-,21?,22?,23?,24?,26?,27+,28+/m0/s1. The smallest absolute Gasteiger partial charge is 0.220 e. The van der Waals surface area contributed by atoms with Gasteiger partial charge in [-0.15, -0.1) is 0 Å². The van der Waals surface area contributed by atoms with Crippen molar-refractivity contribution in [1.29, 1.82) is 0 Å². The van der Waals surface area contributed by atoms with Crippen LogP contribution in [0.2, 0.25) is 0 Å². The maximum Gasteiger partial charge on any atom is 0.220 e. The summed E-state index contributed by atoms with van der Waals surface area (Å²) in [7, 11) is 0. The van der Waals surface area contributed by atoms with E-state index in [2.05, 4.69) is 33.0 Å². The molecule has 0 bridgehead atoms. The highest BCUT2D eigenvalue weighted by atomic mass is 16.5.